The molecule has 1 aromatic carbocycles. The number of carbonyl (C=O) groups excluding carboxylic acids is 2. The normalized spacial score (nSPS) is 19.1. The zero-order valence-electron chi connectivity index (χ0n) is 14.9. The Morgan fingerprint density at radius 3 is 2.41 bits per heavy atom. The first-order valence-corrected chi connectivity index (χ1v) is 8.86. The molecule has 3 unspecified atom stereocenters. The first-order chi connectivity index (χ1) is 12.9. The van der Waals surface area contributed by atoms with Crippen LogP contribution in [0.5, 0.6) is 5.75 Å². The predicted molar refractivity (Wildman–Crippen MR) is 96.0 cm³/mol. The van der Waals surface area contributed by atoms with E-state index in [-0.39, 0.29) is 18.1 Å². The highest BCUT2D eigenvalue weighted by Crippen LogP contribution is 2.22. The molecule has 1 aliphatic heterocycles. The Morgan fingerprint density at radius 1 is 1.11 bits per heavy atom. The van der Waals surface area contributed by atoms with Crippen molar-refractivity contribution in [2.75, 3.05) is 13.1 Å². The van der Waals surface area contributed by atoms with Gasteiger partial charge in [0.25, 0.3) is 5.91 Å². The van der Waals surface area contributed by atoms with Crippen molar-refractivity contribution < 1.29 is 29.3 Å². The smallest absolute Gasteiger partial charge is 0.336 e. The summed E-state index contributed by atoms with van der Waals surface area (Å²) in [4.78, 5) is 35.5. The molecule has 9 heteroatoms. The fourth-order valence-corrected chi connectivity index (χ4v) is 2.61. The number of aliphatic carboxylic acids is 1. The van der Waals surface area contributed by atoms with E-state index in [4.69, 9.17) is 15.6 Å². The SMILES string of the molecule is NCCCCCNC(=O)C(Cc1ccc(O)cc1)NC(=O)C1OC1C(=O)O. The fraction of sp³-hybridized carbons (Fsp3) is 0.500. The van der Waals surface area contributed by atoms with Crippen LogP contribution in [0.3, 0.4) is 0 Å². The third-order valence-electron chi connectivity index (χ3n) is 4.18. The Kier molecular flexibility index (Phi) is 7.56. The number of nitrogens with one attached hydrogen (secondary N) is 2. The summed E-state index contributed by atoms with van der Waals surface area (Å²) in [5.41, 5.74) is 6.17. The van der Waals surface area contributed by atoms with Gasteiger partial charge in [0.1, 0.15) is 11.8 Å². The van der Waals surface area contributed by atoms with E-state index in [0.717, 1.165) is 24.8 Å². The maximum Gasteiger partial charge on any atom is 0.336 e. The van der Waals surface area contributed by atoms with E-state index in [9.17, 15) is 19.5 Å². The Balaban J connectivity index is 1.94. The van der Waals surface area contributed by atoms with Crippen LogP contribution in [0.1, 0.15) is 24.8 Å². The molecule has 1 aliphatic rings. The van der Waals surface area contributed by atoms with E-state index < -0.39 is 30.1 Å². The minimum absolute atomic E-state index is 0.0966. The number of carbonyl (C=O) groups is 3. The molecule has 3 atom stereocenters. The second kappa shape index (κ2) is 9.89. The number of phenolic OH excluding ortho intramolecular Hbond substituents is 1. The van der Waals surface area contributed by atoms with Crippen molar-refractivity contribution in [1.82, 2.24) is 10.6 Å². The van der Waals surface area contributed by atoms with Gasteiger partial charge in [0.05, 0.1) is 0 Å². The molecular formula is C18H25N3O6. The lowest BCUT2D eigenvalue weighted by atomic mass is 10.0. The van der Waals surface area contributed by atoms with Crippen molar-refractivity contribution in [2.45, 2.75) is 43.9 Å². The number of epoxide rings is 1. The highest BCUT2D eigenvalue weighted by atomic mass is 16.6. The van der Waals surface area contributed by atoms with E-state index >= 15 is 0 Å². The quantitative estimate of drug-likeness (QED) is 0.257. The van der Waals surface area contributed by atoms with Crippen LogP contribution in [0, 0.1) is 0 Å². The average Bonchev–Trinajstić information content (AvgIpc) is 3.44. The van der Waals surface area contributed by atoms with Crippen LogP contribution < -0.4 is 16.4 Å². The molecule has 148 valence electrons. The Morgan fingerprint density at radius 2 is 1.81 bits per heavy atom. The molecule has 0 bridgehead atoms. The van der Waals surface area contributed by atoms with Crippen molar-refractivity contribution in [3.8, 4) is 5.75 Å². The lowest BCUT2D eigenvalue weighted by Gasteiger charge is -2.18. The van der Waals surface area contributed by atoms with Gasteiger partial charge in [-0.2, -0.15) is 0 Å². The molecule has 27 heavy (non-hydrogen) atoms. The molecule has 0 aromatic heterocycles. The summed E-state index contributed by atoms with van der Waals surface area (Å²) >= 11 is 0. The van der Waals surface area contributed by atoms with Crippen LogP contribution in [0.15, 0.2) is 24.3 Å². The molecule has 1 fully saturated rings. The predicted octanol–water partition coefficient (Wildman–Crippen LogP) is -0.483. The minimum Gasteiger partial charge on any atom is -0.508 e. The maximum absolute atomic E-state index is 12.5. The zero-order chi connectivity index (χ0) is 19.8. The summed E-state index contributed by atoms with van der Waals surface area (Å²) in [5.74, 6) is -2.12. The van der Waals surface area contributed by atoms with E-state index in [0.29, 0.717) is 13.1 Å². The van der Waals surface area contributed by atoms with E-state index in [2.05, 4.69) is 10.6 Å². The lowest BCUT2D eigenvalue weighted by Crippen LogP contribution is -2.49. The van der Waals surface area contributed by atoms with Crippen molar-refractivity contribution >= 4 is 17.8 Å². The zero-order valence-corrected chi connectivity index (χ0v) is 14.9. The largest absolute Gasteiger partial charge is 0.508 e. The number of rotatable bonds is 11. The van der Waals surface area contributed by atoms with Gasteiger partial charge >= 0.3 is 5.97 Å². The first-order valence-electron chi connectivity index (χ1n) is 8.86. The third kappa shape index (κ3) is 6.54. The molecule has 1 aromatic rings. The molecule has 2 amide bonds. The number of aromatic hydroxyl groups is 1. The van der Waals surface area contributed by atoms with Gasteiger partial charge in [-0.05, 0) is 37.1 Å². The Labute approximate surface area is 156 Å². The van der Waals surface area contributed by atoms with Crippen LogP contribution >= 0.6 is 0 Å². The number of nitrogens with two attached hydrogens (primary N) is 1. The number of hydrogen-bond donors (Lipinski definition) is 5. The Hall–Kier alpha value is -2.65. The summed E-state index contributed by atoms with van der Waals surface area (Å²) in [6.45, 7) is 1.05. The van der Waals surface area contributed by atoms with Crippen LogP contribution in [0.4, 0.5) is 0 Å². The molecular weight excluding hydrogens is 354 g/mol. The molecule has 9 nitrogen and oxygen atoms in total. The van der Waals surface area contributed by atoms with Crippen LogP contribution in [0.2, 0.25) is 0 Å². The van der Waals surface area contributed by atoms with Crippen molar-refractivity contribution in [3.63, 3.8) is 0 Å². The molecule has 1 heterocycles. The average molecular weight is 379 g/mol. The molecule has 0 spiro atoms. The highest BCUT2D eigenvalue weighted by Gasteiger charge is 2.51. The van der Waals surface area contributed by atoms with E-state index in [1.165, 1.54) is 12.1 Å². The standard InChI is InChI=1S/C18H25N3O6/c19-8-2-1-3-9-20-16(23)13(10-11-4-6-12(22)7-5-11)21-17(24)14-15(27-14)18(25)26/h4-7,13-15,22H,1-3,8-10,19H2,(H,20,23)(H,21,24)(H,25,26). The summed E-state index contributed by atoms with van der Waals surface area (Å²) < 4.78 is 4.82. The number of benzene rings is 1. The van der Waals surface area contributed by atoms with Gasteiger partial charge in [-0.1, -0.05) is 18.6 Å². The number of carboxylic acid groups (broad SMARTS) is 1. The van der Waals surface area contributed by atoms with Gasteiger partial charge in [0.15, 0.2) is 12.2 Å². The second-order valence-corrected chi connectivity index (χ2v) is 6.39. The van der Waals surface area contributed by atoms with Crippen LogP contribution in [-0.2, 0) is 25.5 Å². The number of phenols is 1. The van der Waals surface area contributed by atoms with Gasteiger partial charge in [-0.15, -0.1) is 0 Å². The van der Waals surface area contributed by atoms with Gasteiger partial charge in [-0.25, -0.2) is 4.79 Å². The molecule has 0 aliphatic carbocycles. The molecule has 1 saturated heterocycles. The van der Waals surface area contributed by atoms with E-state index in [1.54, 1.807) is 12.1 Å². The monoisotopic (exact) mass is 379 g/mol. The van der Waals surface area contributed by atoms with Gasteiger partial charge in [-0.3, -0.25) is 9.59 Å². The summed E-state index contributed by atoms with van der Waals surface area (Å²) in [6, 6.07) is 5.40. The summed E-state index contributed by atoms with van der Waals surface area (Å²) in [7, 11) is 0. The number of ether oxygens (including phenoxy) is 1. The number of amides is 2. The van der Waals surface area contributed by atoms with Gasteiger partial charge in [0, 0.05) is 13.0 Å². The van der Waals surface area contributed by atoms with Crippen molar-refractivity contribution in [3.05, 3.63) is 29.8 Å². The third-order valence-corrected chi connectivity index (χ3v) is 4.18. The highest BCUT2D eigenvalue weighted by molar-refractivity contribution is 5.95. The van der Waals surface area contributed by atoms with Crippen LogP contribution in [0.25, 0.3) is 0 Å². The van der Waals surface area contributed by atoms with Crippen molar-refractivity contribution in [1.29, 1.82) is 0 Å². The topological polar surface area (TPSA) is 154 Å². The molecule has 6 N–H and O–H groups in total. The first kappa shape index (κ1) is 20.7. The molecule has 0 saturated carbocycles. The summed E-state index contributed by atoms with van der Waals surface area (Å²) in [6.07, 6.45) is 0.489. The maximum atomic E-state index is 12.5. The number of carboxylic acids is 1. The second-order valence-electron chi connectivity index (χ2n) is 6.39. The molecule has 0 radical (unpaired) electrons. The summed E-state index contributed by atoms with van der Waals surface area (Å²) in [5, 5.41) is 23.5. The van der Waals surface area contributed by atoms with Gasteiger partial charge < -0.3 is 31.3 Å². The number of unbranched alkanes of at least 4 members (excludes halogenated alkanes) is 2. The van der Waals surface area contributed by atoms with E-state index in [1.807, 2.05) is 0 Å². The van der Waals surface area contributed by atoms with Crippen molar-refractivity contribution in [2.24, 2.45) is 5.73 Å². The fourth-order valence-electron chi connectivity index (χ4n) is 2.61. The molecule has 2 rings (SSSR count). The minimum atomic E-state index is -1.21. The Bertz CT molecular complexity index is 664. The van der Waals surface area contributed by atoms with Gasteiger partial charge in [0.2, 0.25) is 5.91 Å². The number of hydrogen-bond acceptors (Lipinski definition) is 6. The lowest BCUT2D eigenvalue weighted by molar-refractivity contribution is -0.138. The van der Waals surface area contributed by atoms with Crippen LogP contribution in [-0.4, -0.2) is 59.3 Å².